The van der Waals surface area contributed by atoms with Crippen molar-refractivity contribution in [2.75, 3.05) is 0 Å². The molecule has 2 heterocycles. The van der Waals surface area contributed by atoms with Crippen molar-refractivity contribution < 1.29 is 13.6 Å². The quantitative estimate of drug-likeness (QED) is 0.854. The average Bonchev–Trinajstić information content (AvgIpc) is 2.67. The second-order valence-corrected chi connectivity index (χ2v) is 6.05. The van der Waals surface area contributed by atoms with Crippen LogP contribution in [0.15, 0.2) is 0 Å². The van der Waals surface area contributed by atoms with Gasteiger partial charge in [-0.2, -0.15) is 5.10 Å². The molecule has 0 aromatic carbocycles. The Bertz CT molecular complexity index is 523. The fourth-order valence-electron chi connectivity index (χ4n) is 2.96. The van der Waals surface area contributed by atoms with Crippen molar-refractivity contribution in [1.29, 1.82) is 0 Å². The van der Waals surface area contributed by atoms with Gasteiger partial charge in [-0.1, -0.05) is 11.6 Å². The van der Waals surface area contributed by atoms with E-state index in [1.165, 1.54) is 4.68 Å². The topological polar surface area (TPSA) is 38.1 Å². The first-order valence-electron chi connectivity index (χ1n) is 7.15. The van der Waals surface area contributed by atoms with E-state index < -0.39 is 12.1 Å². The van der Waals surface area contributed by atoms with Gasteiger partial charge in [-0.25, -0.2) is 8.78 Å². The predicted molar refractivity (Wildman–Crippen MR) is 76.6 cm³/mol. The molecule has 118 valence electrons. The van der Waals surface area contributed by atoms with Crippen molar-refractivity contribution in [2.24, 2.45) is 0 Å². The molecule has 0 N–H and O–H groups in total. The molecular weight excluding hydrogens is 300 g/mol. The Kier molecular flexibility index (Phi) is 4.86. The van der Waals surface area contributed by atoms with Crippen LogP contribution in [0, 0.1) is 6.92 Å². The summed E-state index contributed by atoms with van der Waals surface area (Å²) in [6.45, 7) is 5.58. The first-order chi connectivity index (χ1) is 9.82. The maximum Gasteiger partial charge on any atom is 0.283 e. The van der Waals surface area contributed by atoms with Crippen molar-refractivity contribution in [3.8, 4) is 0 Å². The maximum atomic E-state index is 12.8. The minimum atomic E-state index is -2.74. The molecular formula is C14H20ClF2N3O. The van der Waals surface area contributed by atoms with Gasteiger partial charge in [0.25, 0.3) is 6.43 Å². The third kappa shape index (κ3) is 3.20. The van der Waals surface area contributed by atoms with Crippen LogP contribution in [0.3, 0.4) is 0 Å². The first-order valence-corrected chi connectivity index (χ1v) is 7.52. The van der Waals surface area contributed by atoms with Gasteiger partial charge in [-0.15, -0.1) is 0 Å². The standard InChI is InChI=1S/C14H20ClF2N3O/c1-8-5-4-6-9(2)20(8)11(21)7-19-10(3)12(15)13(18-19)14(16)17/h8-9,14H,4-7H2,1-3H3. The number of rotatable bonds is 3. The van der Waals surface area contributed by atoms with Gasteiger partial charge in [0.15, 0.2) is 0 Å². The van der Waals surface area contributed by atoms with Gasteiger partial charge in [0, 0.05) is 12.1 Å². The third-order valence-corrected chi connectivity index (χ3v) is 4.60. The van der Waals surface area contributed by atoms with Crippen LogP contribution < -0.4 is 0 Å². The highest BCUT2D eigenvalue weighted by atomic mass is 35.5. The number of likely N-dealkylation sites (tertiary alicyclic amines) is 1. The van der Waals surface area contributed by atoms with E-state index in [4.69, 9.17) is 11.6 Å². The smallest absolute Gasteiger partial charge is 0.283 e. The average molecular weight is 320 g/mol. The van der Waals surface area contributed by atoms with Gasteiger partial charge in [0.1, 0.15) is 12.2 Å². The van der Waals surface area contributed by atoms with E-state index in [0.717, 1.165) is 19.3 Å². The zero-order valence-corrected chi connectivity index (χ0v) is 13.2. The molecule has 1 fully saturated rings. The van der Waals surface area contributed by atoms with Crippen LogP contribution in [0.2, 0.25) is 5.02 Å². The van der Waals surface area contributed by atoms with E-state index in [1.54, 1.807) is 6.92 Å². The number of aromatic nitrogens is 2. The zero-order chi connectivity index (χ0) is 15.7. The molecule has 1 aliphatic rings. The molecule has 1 amide bonds. The number of carbonyl (C=O) groups excluding carboxylic acids is 1. The Morgan fingerprint density at radius 3 is 2.43 bits per heavy atom. The number of hydrogen-bond donors (Lipinski definition) is 0. The van der Waals surface area contributed by atoms with E-state index in [0.29, 0.717) is 5.69 Å². The summed E-state index contributed by atoms with van der Waals surface area (Å²) in [6, 6.07) is 0.337. The summed E-state index contributed by atoms with van der Waals surface area (Å²) in [5.74, 6) is -0.0993. The summed E-state index contributed by atoms with van der Waals surface area (Å²) in [5, 5.41) is 3.72. The van der Waals surface area contributed by atoms with Crippen LogP contribution in [-0.2, 0) is 11.3 Å². The molecule has 1 saturated heterocycles. The maximum absolute atomic E-state index is 12.8. The molecule has 0 saturated carbocycles. The lowest BCUT2D eigenvalue weighted by Crippen LogP contribution is -2.48. The summed E-state index contributed by atoms with van der Waals surface area (Å²) in [7, 11) is 0. The van der Waals surface area contributed by atoms with Gasteiger partial charge >= 0.3 is 0 Å². The molecule has 1 aromatic heterocycles. The monoisotopic (exact) mass is 319 g/mol. The summed E-state index contributed by atoms with van der Waals surface area (Å²) >= 11 is 5.85. The lowest BCUT2D eigenvalue weighted by molar-refractivity contribution is -0.138. The second-order valence-electron chi connectivity index (χ2n) is 5.67. The lowest BCUT2D eigenvalue weighted by atomic mass is 9.97. The minimum absolute atomic E-state index is 0.0487. The van der Waals surface area contributed by atoms with Crippen molar-refractivity contribution in [3.05, 3.63) is 16.4 Å². The van der Waals surface area contributed by atoms with Crippen molar-refractivity contribution in [3.63, 3.8) is 0 Å². The first kappa shape index (κ1) is 16.2. The third-order valence-electron chi connectivity index (χ3n) is 4.13. The van der Waals surface area contributed by atoms with Gasteiger partial charge in [-0.05, 0) is 40.0 Å². The van der Waals surface area contributed by atoms with Crippen LogP contribution in [0.5, 0.6) is 0 Å². The Labute approximate surface area is 128 Å². The molecule has 2 rings (SSSR count). The van der Waals surface area contributed by atoms with Crippen LogP contribution in [0.4, 0.5) is 8.78 Å². The number of piperidine rings is 1. The number of carbonyl (C=O) groups is 1. The number of amides is 1. The molecule has 0 aliphatic carbocycles. The Balaban J connectivity index is 2.18. The predicted octanol–water partition coefficient (Wildman–Crippen LogP) is 3.57. The van der Waals surface area contributed by atoms with Crippen molar-refractivity contribution >= 4 is 17.5 Å². The van der Waals surface area contributed by atoms with Gasteiger partial charge in [0.2, 0.25) is 5.91 Å². The van der Waals surface area contributed by atoms with Crippen molar-refractivity contribution in [1.82, 2.24) is 14.7 Å². The molecule has 0 spiro atoms. The van der Waals surface area contributed by atoms with E-state index >= 15 is 0 Å². The number of alkyl halides is 2. The highest BCUT2D eigenvalue weighted by molar-refractivity contribution is 6.31. The zero-order valence-electron chi connectivity index (χ0n) is 12.4. The number of nitrogens with zero attached hydrogens (tertiary/aromatic N) is 3. The Morgan fingerprint density at radius 2 is 1.95 bits per heavy atom. The molecule has 7 heteroatoms. The van der Waals surface area contributed by atoms with E-state index in [9.17, 15) is 13.6 Å². The number of halogens is 3. The summed E-state index contributed by atoms with van der Waals surface area (Å²) < 4.78 is 26.8. The summed E-state index contributed by atoms with van der Waals surface area (Å²) in [6.07, 6.45) is 0.309. The minimum Gasteiger partial charge on any atom is -0.336 e. The normalized spacial score (nSPS) is 22.9. The summed E-state index contributed by atoms with van der Waals surface area (Å²) in [5.41, 5.74) is -0.0562. The second kappa shape index (κ2) is 6.30. The van der Waals surface area contributed by atoms with Crippen molar-refractivity contribution in [2.45, 2.75) is 65.1 Å². The number of hydrogen-bond acceptors (Lipinski definition) is 2. The summed E-state index contributed by atoms with van der Waals surface area (Å²) in [4.78, 5) is 14.3. The molecule has 0 radical (unpaired) electrons. The van der Waals surface area contributed by atoms with Gasteiger partial charge in [0.05, 0.1) is 10.7 Å². The van der Waals surface area contributed by atoms with E-state index in [2.05, 4.69) is 5.10 Å². The van der Waals surface area contributed by atoms with Crippen LogP contribution >= 0.6 is 11.6 Å². The SMILES string of the molecule is Cc1c(Cl)c(C(F)F)nn1CC(=O)N1C(C)CCCC1C. The van der Waals surface area contributed by atoms with Gasteiger partial charge < -0.3 is 4.90 Å². The molecule has 4 nitrogen and oxygen atoms in total. The molecule has 1 aliphatic heterocycles. The highest BCUT2D eigenvalue weighted by Crippen LogP contribution is 2.29. The van der Waals surface area contributed by atoms with Crippen LogP contribution in [-0.4, -0.2) is 32.7 Å². The lowest BCUT2D eigenvalue weighted by Gasteiger charge is -2.39. The van der Waals surface area contributed by atoms with E-state index in [1.807, 2.05) is 18.7 Å². The fourth-order valence-corrected chi connectivity index (χ4v) is 3.18. The molecule has 21 heavy (non-hydrogen) atoms. The molecule has 2 atom stereocenters. The van der Waals surface area contributed by atoms with Crippen LogP contribution in [0.25, 0.3) is 0 Å². The van der Waals surface area contributed by atoms with E-state index in [-0.39, 0.29) is 29.6 Å². The highest BCUT2D eigenvalue weighted by Gasteiger charge is 2.30. The Morgan fingerprint density at radius 1 is 1.38 bits per heavy atom. The molecule has 1 aromatic rings. The largest absolute Gasteiger partial charge is 0.336 e. The van der Waals surface area contributed by atoms with Crippen LogP contribution in [0.1, 0.15) is 50.9 Å². The Hall–Kier alpha value is -1.17. The van der Waals surface area contributed by atoms with Gasteiger partial charge in [-0.3, -0.25) is 9.48 Å². The fraction of sp³-hybridized carbons (Fsp3) is 0.714. The molecule has 0 bridgehead atoms. The molecule has 2 unspecified atom stereocenters.